The van der Waals surface area contributed by atoms with Gasteiger partial charge in [0.1, 0.15) is 0 Å². The average Bonchev–Trinajstić information content (AvgIpc) is 3.06. The fraction of sp³-hybridized carbons (Fsp3) is 0.500. The standard InChI is InChI=1S/C14H17N3O2S/c18-11-4-1-7(5-12(11)19)14-16-10-3-2-9-8(6-15-17-9)13(10)20-14/h1,4-5,8-10,13,15,17-19H,2-3,6H2. The highest BCUT2D eigenvalue weighted by atomic mass is 32.2. The third-order valence-corrected chi connectivity index (χ3v) is 5.97. The van der Waals surface area contributed by atoms with Gasteiger partial charge in [0.05, 0.1) is 11.1 Å². The number of hydrazine groups is 1. The predicted molar refractivity (Wildman–Crippen MR) is 79.1 cm³/mol. The minimum Gasteiger partial charge on any atom is -0.504 e. The van der Waals surface area contributed by atoms with Crippen LogP contribution in [0.25, 0.3) is 0 Å². The Kier molecular flexibility index (Phi) is 2.90. The predicted octanol–water partition coefficient (Wildman–Crippen LogP) is 1.21. The Morgan fingerprint density at radius 2 is 2.10 bits per heavy atom. The summed E-state index contributed by atoms with van der Waals surface area (Å²) in [7, 11) is 0. The molecular weight excluding hydrogens is 274 g/mol. The van der Waals surface area contributed by atoms with Crippen molar-refractivity contribution in [2.75, 3.05) is 6.54 Å². The van der Waals surface area contributed by atoms with E-state index in [1.807, 2.05) is 17.8 Å². The van der Waals surface area contributed by atoms with Gasteiger partial charge in [-0.1, -0.05) is 0 Å². The highest BCUT2D eigenvalue weighted by Gasteiger charge is 2.45. The third-order valence-electron chi connectivity index (χ3n) is 4.47. The van der Waals surface area contributed by atoms with Crippen LogP contribution in [0.3, 0.4) is 0 Å². The average molecular weight is 291 g/mol. The van der Waals surface area contributed by atoms with Crippen molar-refractivity contribution in [2.45, 2.75) is 30.2 Å². The molecular formula is C14H17N3O2S. The van der Waals surface area contributed by atoms with Gasteiger partial charge in [0, 0.05) is 29.3 Å². The van der Waals surface area contributed by atoms with Crippen LogP contribution in [0.1, 0.15) is 18.4 Å². The number of phenolic OH excluding ortho intramolecular Hbond substituents is 2. The number of nitrogens with zero attached hydrogens (tertiary/aromatic N) is 1. The van der Waals surface area contributed by atoms with Gasteiger partial charge in [-0.25, -0.2) is 0 Å². The topological polar surface area (TPSA) is 76.9 Å². The lowest BCUT2D eigenvalue weighted by Gasteiger charge is -2.32. The number of aliphatic imine (C=N–C) groups is 1. The Labute approximate surface area is 121 Å². The molecule has 1 saturated carbocycles. The summed E-state index contributed by atoms with van der Waals surface area (Å²) in [4.78, 5) is 4.84. The molecule has 4 rings (SSSR count). The highest BCUT2D eigenvalue weighted by Crippen LogP contribution is 2.43. The van der Waals surface area contributed by atoms with Crippen molar-refractivity contribution in [3.05, 3.63) is 23.8 Å². The number of hydrogen-bond acceptors (Lipinski definition) is 6. The first-order valence-electron chi connectivity index (χ1n) is 6.97. The fourth-order valence-electron chi connectivity index (χ4n) is 3.40. The number of rotatable bonds is 1. The zero-order valence-corrected chi connectivity index (χ0v) is 11.7. The van der Waals surface area contributed by atoms with Gasteiger partial charge in [0.2, 0.25) is 0 Å². The second-order valence-electron chi connectivity index (χ2n) is 5.66. The monoisotopic (exact) mass is 291 g/mol. The van der Waals surface area contributed by atoms with E-state index in [0.717, 1.165) is 30.0 Å². The Morgan fingerprint density at radius 3 is 2.95 bits per heavy atom. The Bertz CT molecular complexity index is 578. The van der Waals surface area contributed by atoms with Gasteiger partial charge >= 0.3 is 0 Å². The van der Waals surface area contributed by atoms with Crippen molar-refractivity contribution in [3.63, 3.8) is 0 Å². The van der Waals surface area contributed by atoms with Gasteiger partial charge in [-0.15, -0.1) is 11.8 Å². The van der Waals surface area contributed by atoms with Crippen LogP contribution in [0.2, 0.25) is 0 Å². The molecule has 1 saturated heterocycles. The number of phenols is 2. The Morgan fingerprint density at radius 1 is 1.20 bits per heavy atom. The molecule has 4 unspecified atom stereocenters. The van der Waals surface area contributed by atoms with Crippen LogP contribution in [0.4, 0.5) is 0 Å². The van der Waals surface area contributed by atoms with Gasteiger partial charge in [-0.3, -0.25) is 15.8 Å². The molecule has 3 aliphatic rings. The van der Waals surface area contributed by atoms with E-state index in [9.17, 15) is 10.2 Å². The van der Waals surface area contributed by atoms with Crippen molar-refractivity contribution in [1.29, 1.82) is 0 Å². The second kappa shape index (κ2) is 4.65. The van der Waals surface area contributed by atoms with E-state index in [4.69, 9.17) is 4.99 Å². The summed E-state index contributed by atoms with van der Waals surface area (Å²) in [6.07, 6.45) is 2.28. The molecule has 2 fully saturated rings. The summed E-state index contributed by atoms with van der Waals surface area (Å²) in [6.45, 7) is 1.00. The van der Waals surface area contributed by atoms with Crippen LogP contribution < -0.4 is 10.9 Å². The molecule has 1 aromatic rings. The lowest BCUT2D eigenvalue weighted by molar-refractivity contribution is 0.319. The number of thioether (sulfide) groups is 1. The summed E-state index contributed by atoms with van der Waals surface area (Å²) in [5, 5.41) is 20.5. The summed E-state index contributed by atoms with van der Waals surface area (Å²) in [5.74, 6) is 0.451. The van der Waals surface area contributed by atoms with E-state index in [-0.39, 0.29) is 11.5 Å². The zero-order valence-electron chi connectivity index (χ0n) is 10.9. The molecule has 20 heavy (non-hydrogen) atoms. The first kappa shape index (κ1) is 12.5. The Balaban J connectivity index is 1.60. The summed E-state index contributed by atoms with van der Waals surface area (Å²) in [6, 6.07) is 5.89. The maximum atomic E-state index is 9.63. The molecule has 2 heterocycles. The number of hydrogen-bond donors (Lipinski definition) is 4. The lowest BCUT2D eigenvalue weighted by Crippen LogP contribution is -2.42. The largest absolute Gasteiger partial charge is 0.504 e. The van der Waals surface area contributed by atoms with Crippen LogP contribution in [0.5, 0.6) is 11.5 Å². The molecule has 1 aliphatic carbocycles. The molecule has 0 spiro atoms. The van der Waals surface area contributed by atoms with Crippen molar-refractivity contribution in [2.24, 2.45) is 10.9 Å². The van der Waals surface area contributed by atoms with Crippen molar-refractivity contribution < 1.29 is 10.2 Å². The van der Waals surface area contributed by atoms with E-state index in [0.29, 0.717) is 23.3 Å². The number of aromatic hydroxyl groups is 2. The maximum absolute atomic E-state index is 9.63. The van der Waals surface area contributed by atoms with Crippen LogP contribution in [0, 0.1) is 5.92 Å². The smallest absolute Gasteiger partial charge is 0.158 e. The van der Waals surface area contributed by atoms with Crippen molar-refractivity contribution in [1.82, 2.24) is 10.9 Å². The third kappa shape index (κ3) is 1.90. The molecule has 2 aliphatic heterocycles. The van der Waals surface area contributed by atoms with Crippen LogP contribution in [-0.2, 0) is 0 Å². The van der Waals surface area contributed by atoms with Crippen molar-refractivity contribution in [3.8, 4) is 11.5 Å². The highest BCUT2D eigenvalue weighted by molar-refractivity contribution is 8.15. The minimum atomic E-state index is -0.0842. The molecule has 1 aromatic carbocycles. The normalized spacial score (nSPS) is 35.5. The van der Waals surface area contributed by atoms with Gasteiger partial charge in [-0.05, 0) is 31.0 Å². The maximum Gasteiger partial charge on any atom is 0.158 e. The SMILES string of the molecule is Oc1ccc(C2=NC3CCC4NNCC4C3S2)cc1O. The molecule has 106 valence electrons. The fourth-order valence-corrected chi connectivity index (χ4v) is 4.93. The summed E-state index contributed by atoms with van der Waals surface area (Å²) in [5.41, 5.74) is 7.51. The van der Waals surface area contributed by atoms with Gasteiger partial charge in [-0.2, -0.15) is 0 Å². The molecule has 6 heteroatoms. The van der Waals surface area contributed by atoms with E-state index in [1.54, 1.807) is 6.07 Å². The number of fused-ring (bicyclic) bond motifs is 3. The molecule has 0 aromatic heterocycles. The zero-order chi connectivity index (χ0) is 13.7. The quantitative estimate of drug-likeness (QED) is 0.585. The van der Waals surface area contributed by atoms with Gasteiger partial charge < -0.3 is 10.2 Å². The van der Waals surface area contributed by atoms with E-state index in [2.05, 4.69) is 10.9 Å². The molecule has 4 atom stereocenters. The first-order valence-corrected chi connectivity index (χ1v) is 7.85. The molecule has 5 nitrogen and oxygen atoms in total. The van der Waals surface area contributed by atoms with E-state index in [1.165, 1.54) is 6.07 Å². The van der Waals surface area contributed by atoms with E-state index >= 15 is 0 Å². The summed E-state index contributed by atoms with van der Waals surface area (Å²) >= 11 is 1.82. The molecule has 0 bridgehead atoms. The number of benzene rings is 1. The van der Waals surface area contributed by atoms with Gasteiger partial charge in [0.25, 0.3) is 0 Å². The molecule has 4 N–H and O–H groups in total. The van der Waals surface area contributed by atoms with Crippen LogP contribution >= 0.6 is 11.8 Å². The first-order chi connectivity index (χ1) is 9.72. The van der Waals surface area contributed by atoms with Gasteiger partial charge in [0.15, 0.2) is 11.5 Å². The minimum absolute atomic E-state index is 0.0808. The molecule has 0 amide bonds. The van der Waals surface area contributed by atoms with Crippen LogP contribution in [0.15, 0.2) is 23.2 Å². The number of nitrogens with one attached hydrogen (secondary N) is 2. The molecule has 0 radical (unpaired) electrons. The van der Waals surface area contributed by atoms with Crippen LogP contribution in [-0.4, -0.2) is 39.1 Å². The lowest BCUT2D eigenvalue weighted by atomic mass is 9.82. The van der Waals surface area contributed by atoms with E-state index < -0.39 is 0 Å². The summed E-state index contributed by atoms with van der Waals surface area (Å²) < 4.78 is 0. The second-order valence-corrected chi connectivity index (χ2v) is 6.83. The van der Waals surface area contributed by atoms with Crippen molar-refractivity contribution >= 4 is 16.8 Å². The Hall–Kier alpha value is -1.24.